The van der Waals surface area contributed by atoms with Gasteiger partial charge in [0.05, 0.1) is 21.6 Å². The van der Waals surface area contributed by atoms with Crippen LogP contribution in [0.25, 0.3) is 17.0 Å². The second-order valence-electron chi connectivity index (χ2n) is 6.66. The number of ether oxygens (including phenoxy) is 2. The molecule has 0 radical (unpaired) electrons. The molecule has 2 heterocycles. The van der Waals surface area contributed by atoms with E-state index in [0.717, 1.165) is 0 Å². The molecule has 0 aliphatic carbocycles. The molecule has 4 aromatic rings. The zero-order valence-electron chi connectivity index (χ0n) is 16.8. The van der Waals surface area contributed by atoms with Gasteiger partial charge in [0, 0.05) is 17.7 Å². The van der Waals surface area contributed by atoms with Crippen molar-refractivity contribution in [1.82, 2.24) is 25.1 Å². The minimum absolute atomic E-state index is 0.159. The molecule has 1 amide bonds. The quantitative estimate of drug-likeness (QED) is 0.278. The minimum Gasteiger partial charge on any atom is -0.482 e. The van der Waals surface area contributed by atoms with Crippen LogP contribution in [0.3, 0.4) is 0 Å². The van der Waals surface area contributed by atoms with Crippen LogP contribution in [0.2, 0.25) is 15.1 Å². The Hall–Kier alpha value is -3.14. The van der Waals surface area contributed by atoms with Crippen LogP contribution < -0.4 is 14.8 Å². The number of fused-ring (bicyclic) bond motifs is 1. The standard InChI is InChI=1S/C21H15Cl3FN5O3/c22-14-9-16(24)17(10-15(14)23)33-11-19(31)26-7-8-32-20-6-5-18-27-28-21(30(18)29-20)12-1-3-13(25)4-2-12/h1-6,9-10H,7-8,11H2,(H,26,31). The second kappa shape index (κ2) is 10.2. The van der Waals surface area contributed by atoms with Gasteiger partial charge >= 0.3 is 0 Å². The molecule has 0 spiro atoms. The fourth-order valence-corrected chi connectivity index (χ4v) is 3.37. The van der Waals surface area contributed by atoms with E-state index in [0.29, 0.717) is 27.9 Å². The van der Waals surface area contributed by atoms with Gasteiger partial charge in [-0.05, 0) is 36.4 Å². The second-order valence-corrected chi connectivity index (χ2v) is 7.88. The highest BCUT2D eigenvalue weighted by Crippen LogP contribution is 2.33. The lowest BCUT2D eigenvalue weighted by molar-refractivity contribution is -0.123. The van der Waals surface area contributed by atoms with Gasteiger partial charge in [0.2, 0.25) is 5.88 Å². The summed E-state index contributed by atoms with van der Waals surface area (Å²) in [6.07, 6.45) is 0. The van der Waals surface area contributed by atoms with Crippen molar-refractivity contribution in [2.75, 3.05) is 19.8 Å². The fraction of sp³-hybridized carbons (Fsp3) is 0.143. The predicted molar refractivity (Wildman–Crippen MR) is 122 cm³/mol. The zero-order valence-corrected chi connectivity index (χ0v) is 19.0. The number of amides is 1. The van der Waals surface area contributed by atoms with Crippen LogP contribution in [0.4, 0.5) is 4.39 Å². The number of carbonyl (C=O) groups excluding carboxylic acids is 1. The Balaban J connectivity index is 1.29. The van der Waals surface area contributed by atoms with Gasteiger partial charge in [0.1, 0.15) is 18.2 Å². The molecule has 1 N–H and O–H groups in total. The molecule has 0 atom stereocenters. The zero-order chi connectivity index (χ0) is 23.4. The SMILES string of the molecule is O=C(COc1cc(Cl)c(Cl)cc1Cl)NCCOc1ccc2nnc(-c3ccc(F)cc3)n2n1. The highest BCUT2D eigenvalue weighted by Gasteiger charge is 2.12. The number of hydrogen-bond acceptors (Lipinski definition) is 6. The average molecular weight is 511 g/mol. The summed E-state index contributed by atoms with van der Waals surface area (Å²) in [5, 5.41) is 16.0. The largest absolute Gasteiger partial charge is 0.482 e. The number of rotatable bonds is 8. The Labute approximate surface area is 202 Å². The van der Waals surface area contributed by atoms with Gasteiger partial charge in [-0.1, -0.05) is 34.8 Å². The van der Waals surface area contributed by atoms with Crippen LogP contribution in [0.1, 0.15) is 0 Å². The van der Waals surface area contributed by atoms with Crippen molar-refractivity contribution in [2.45, 2.75) is 0 Å². The first-order chi connectivity index (χ1) is 15.9. The Morgan fingerprint density at radius 3 is 2.52 bits per heavy atom. The first-order valence-corrected chi connectivity index (χ1v) is 10.7. The van der Waals surface area contributed by atoms with E-state index >= 15 is 0 Å². The maximum absolute atomic E-state index is 13.2. The molecule has 2 aromatic heterocycles. The number of benzene rings is 2. The molecule has 0 unspecified atom stereocenters. The highest BCUT2D eigenvalue weighted by atomic mass is 35.5. The van der Waals surface area contributed by atoms with Crippen LogP contribution >= 0.6 is 34.8 Å². The number of nitrogens with zero attached hydrogens (tertiary/aromatic N) is 4. The molecule has 2 aromatic carbocycles. The molecule has 0 fully saturated rings. The molecular weight excluding hydrogens is 496 g/mol. The van der Waals surface area contributed by atoms with E-state index < -0.39 is 0 Å². The van der Waals surface area contributed by atoms with E-state index in [4.69, 9.17) is 44.3 Å². The molecule has 170 valence electrons. The molecular formula is C21H15Cl3FN5O3. The number of nitrogens with one attached hydrogen (secondary N) is 1. The maximum Gasteiger partial charge on any atom is 0.258 e. The highest BCUT2D eigenvalue weighted by molar-refractivity contribution is 6.43. The molecule has 8 nitrogen and oxygen atoms in total. The van der Waals surface area contributed by atoms with Crippen molar-refractivity contribution in [3.63, 3.8) is 0 Å². The van der Waals surface area contributed by atoms with Gasteiger partial charge in [0.25, 0.3) is 5.91 Å². The third-order valence-corrected chi connectivity index (χ3v) is 5.37. The summed E-state index contributed by atoms with van der Waals surface area (Å²) < 4.78 is 25.7. The van der Waals surface area contributed by atoms with Crippen molar-refractivity contribution >= 4 is 46.4 Å². The van der Waals surface area contributed by atoms with E-state index in [-0.39, 0.29) is 47.3 Å². The summed E-state index contributed by atoms with van der Waals surface area (Å²) in [4.78, 5) is 12.0. The lowest BCUT2D eigenvalue weighted by Gasteiger charge is -2.10. The molecule has 33 heavy (non-hydrogen) atoms. The average Bonchev–Trinajstić information content (AvgIpc) is 3.22. The van der Waals surface area contributed by atoms with Crippen molar-refractivity contribution in [1.29, 1.82) is 0 Å². The summed E-state index contributed by atoms with van der Waals surface area (Å²) in [7, 11) is 0. The Kier molecular flexibility index (Phi) is 7.12. The van der Waals surface area contributed by atoms with Crippen molar-refractivity contribution in [2.24, 2.45) is 0 Å². The van der Waals surface area contributed by atoms with Crippen LogP contribution in [-0.2, 0) is 4.79 Å². The maximum atomic E-state index is 13.2. The van der Waals surface area contributed by atoms with Crippen molar-refractivity contribution in [3.05, 3.63) is 69.4 Å². The van der Waals surface area contributed by atoms with E-state index in [1.165, 1.54) is 28.8 Å². The summed E-state index contributed by atoms with van der Waals surface area (Å²) in [6, 6.07) is 12.0. The predicted octanol–water partition coefficient (Wildman–Crippen LogP) is 4.46. The summed E-state index contributed by atoms with van der Waals surface area (Å²) in [5.74, 6) is 0.278. The fourth-order valence-electron chi connectivity index (χ4n) is 2.78. The summed E-state index contributed by atoms with van der Waals surface area (Å²) in [5.41, 5.74) is 1.16. The molecule has 0 saturated heterocycles. The monoisotopic (exact) mass is 509 g/mol. The van der Waals surface area contributed by atoms with Crippen LogP contribution in [-0.4, -0.2) is 45.5 Å². The first kappa shape index (κ1) is 23.0. The molecule has 0 saturated carbocycles. The lowest BCUT2D eigenvalue weighted by atomic mass is 10.2. The van der Waals surface area contributed by atoms with Crippen molar-refractivity contribution in [3.8, 4) is 23.0 Å². The normalized spacial score (nSPS) is 10.9. The van der Waals surface area contributed by atoms with Crippen LogP contribution in [0, 0.1) is 5.82 Å². The van der Waals surface area contributed by atoms with E-state index in [1.54, 1.807) is 24.3 Å². The topological polar surface area (TPSA) is 90.6 Å². The summed E-state index contributed by atoms with van der Waals surface area (Å²) in [6.45, 7) is 0.111. The molecule has 0 aliphatic rings. The van der Waals surface area contributed by atoms with Crippen molar-refractivity contribution < 1.29 is 18.7 Å². The van der Waals surface area contributed by atoms with E-state index in [1.807, 2.05) is 0 Å². The minimum atomic E-state index is -0.374. The Morgan fingerprint density at radius 2 is 1.73 bits per heavy atom. The van der Waals surface area contributed by atoms with Gasteiger partial charge in [-0.25, -0.2) is 4.39 Å². The smallest absolute Gasteiger partial charge is 0.258 e. The van der Waals surface area contributed by atoms with Gasteiger partial charge in [-0.15, -0.1) is 15.3 Å². The van der Waals surface area contributed by atoms with Crippen LogP contribution in [0.5, 0.6) is 11.6 Å². The summed E-state index contributed by atoms with van der Waals surface area (Å²) >= 11 is 17.8. The first-order valence-electron chi connectivity index (χ1n) is 9.56. The van der Waals surface area contributed by atoms with E-state index in [2.05, 4.69) is 20.6 Å². The van der Waals surface area contributed by atoms with Gasteiger partial charge < -0.3 is 14.8 Å². The van der Waals surface area contributed by atoms with Gasteiger partial charge in [-0.3, -0.25) is 4.79 Å². The third-order valence-electron chi connectivity index (χ3n) is 4.35. The van der Waals surface area contributed by atoms with E-state index in [9.17, 15) is 9.18 Å². The third kappa shape index (κ3) is 5.62. The Morgan fingerprint density at radius 1 is 0.970 bits per heavy atom. The Bertz CT molecular complexity index is 1300. The lowest BCUT2D eigenvalue weighted by Crippen LogP contribution is -2.32. The van der Waals surface area contributed by atoms with Gasteiger partial charge in [0.15, 0.2) is 18.1 Å². The molecule has 12 heteroatoms. The van der Waals surface area contributed by atoms with Crippen LogP contribution in [0.15, 0.2) is 48.5 Å². The molecule has 0 bridgehead atoms. The number of halogens is 4. The number of hydrogen-bond donors (Lipinski definition) is 1. The molecule has 4 rings (SSSR count). The number of aromatic nitrogens is 4. The van der Waals surface area contributed by atoms with Gasteiger partial charge in [-0.2, -0.15) is 4.52 Å². The molecule has 0 aliphatic heterocycles. The number of carbonyl (C=O) groups is 1.